The Morgan fingerprint density at radius 2 is 1.76 bits per heavy atom. The molecule has 0 saturated heterocycles. The minimum absolute atomic E-state index is 0.272. The van der Waals surface area contributed by atoms with Gasteiger partial charge in [0, 0.05) is 16.2 Å². The van der Waals surface area contributed by atoms with Crippen LogP contribution < -0.4 is 4.90 Å². The van der Waals surface area contributed by atoms with Crippen LogP contribution in [0.25, 0.3) is 0 Å². The van der Waals surface area contributed by atoms with Gasteiger partial charge in [0.15, 0.2) is 0 Å². The minimum Gasteiger partial charge on any atom is -0.443 e. The monoisotopic (exact) mass is 419 g/mol. The van der Waals surface area contributed by atoms with Gasteiger partial charge in [-0.1, -0.05) is 31.9 Å². The Morgan fingerprint density at radius 3 is 2.24 bits per heavy atom. The molecule has 21 heavy (non-hydrogen) atoms. The van der Waals surface area contributed by atoms with Gasteiger partial charge in [-0.15, -0.1) is 0 Å². The Hall–Kier alpha value is -0.880. The molecule has 0 unspecified atom stereocenters. The van der Waals surface area contributed by atoms with Gasteiger partial charge >= 0.3 is 6.09 Å². The van der Waals surface area contributed by atoms with Gasteiger partial charge in [0.25, 0.3) is 0 Å². The molecule has 1 aromatic rings. The van der Waals surface area contributed by atoms with Crippen molar-refractivity contribution < 1.29 is 14.3 Å². The summed E-state index contributed by atoms with van der Waals surface area (Å²) in [5, 5.41) is 0.710. The normalized spacial score (nSPS) is 11.1. The Labute approximate surface area is 142 Å². The fraction of sp³-hybridized carbons (Fsp3) is 0.467. The first-order valence-corrected chi connectivity index (χ1v) is 8.53. The molecule has 0 fully saturated rings. The molecule has 2 amide bonds. The van der Waals surface area contributed by atoms with Crippen molar-refractivity contribution in [1.29, 1.82) is 0 Å². The molecule has 0 bridgehead atoms. The Bertz CT molecular complexity index is 495. The lowest BCUT2D eigenvalue weighted by Crippen LogP contribution is -2.41. The van der Waals surface area contributed by atoms with Gasteiger partial charge < -0.3 is 4.74 Å². The molecule has 0 aliphatic rings. The molecular weight excluding hydrogens is 402 g/mol. The van der Waals surface area contributed by atoms with E-state index in [4.69, 9.17) is 4.74 Å². The summed E-state index contributed by atoms with van der Waals surface area (Å²) in [4.78, 5) is 25.7. The van der Waals surface area contributed by atoms with E-state index in [9.17, 15) is 9.59 Å². The lowest BCUT2D eigenvalue weighted by atomic mass is 10.2. The van der Waals surface area contributed by atoms with E-state index in [1.54, 1.807) is 45.0 Å². The van der Waals surface area contributed by atoms with Gasteiger partial charge in [-0.25, -0.2) is 9.69 Å². The average molecular weight is 421 g/mol. The van der Waals surface area contributed by atoms with E-state index in [0.717, 1.165) is 9.37 Å². The van der Waals surface area contributed by atoms with E-state index in [1.807, 2.05) is 0 Å². The van der Waals surface area contributed by atoms with Crippen molar-refractivity contribution in [2.24, 2.45) is 0 Å². The summed E-state index contributed by atoms with van der Waals surface area (Å²) in [7, 11) is 0. The lowest BCUT2D eigenvalue weighted by molar-refractivity contribution is -0.118. The molecule has 116 valence electrons. The lowest BCUT2D eigenvalue weighted by Gasteiger charge is -2.26. The predicted molar refractivity (Wildman–Crippen MR) is 90.9 cm³/mol. The van der Waals surface area contributed by atoms with Crippen LogP contribution in [-0.2, 0) is 9.53 Å². The van der Waals surface area contributed by atoms with Crippen molar-refractivity contribution in [3.63, 3.8) is 0 Å². The van der Waals surface area contributed by atoms with E-state index >= 15 is 0 Å². The number of amides is 2. The number of benzene rings is 1. The number of hydrogen-bond donors (Lipinski definition) is 0. The third kappa shape index (κ3) is 6.18. The first-order valence-electron chi connectivity index (χ1n) is 6.62. The Balaban J connectivity index is 3.02. The molecule has 0 spiro atoms. The first kappa shape index (κ1) is 18.2. The standard InChI is InChI=1S/C15H19Br2NO3/c1-15(2,3)21-14(20)18(13(19)5-4-10-16)12-8-6-11(17)7-9-12/h6-9H,4-5,10H2,1-3H3. The highest BCUT2D eigenvalue weighted by atomic mass is 79.9. The molecule has 4 nitrogen and oxygen atoms in total. The summed E-state index contributed by atoms with van der Waals surface area (Å²) in [5.74, 6) is -0.272. The van der Waals surface area contributed by atoms with E-state index in [-0.39, 0.29) is 12.3 Å². The fourth-order valence-electron chi connectivity index (χ4n) is 1.58. The SMILES string of the molecule is CC(C)(C)OC(=O)N(C(=O)CCCBr)c1ccc(Br)cc1. The molecule has 0 aromatic heterocycles. The molecule has 0 saturated carbocycles. The van der Waals surface area contributed by atoms with Crippen molar-refractivity contribution in [3.05, 3.63) is 28.7 Å². The van der Waals surface area contributed by atoms with E-state index in [2.05, 4.69) is 31.9 Å². The number of alkyl halides is 1. The van der Waals surface area contributed by atoms with Crippen LogP contribution in [0.4, 0.5) is 10.5 Å². The molecule has 0 heterocycles. The van der Waals surface area contributed by atoms with Crippen LogP contribution in [0.5, 0.6) is 0 Å². The van der Waals surface area contributed by atoms with Crippen LogP contribution in [0.1, 0.15) is 33.6 Å². The van der Waals surface area contributed by atoms with Gasteiger partial charge in [0.2, 0.25) is 5.91 Å². The van der Waals surface area contributed by atoms with Crippen molar-refractivity contribution in [3.8, 4) is 0 Å². The smallest absolute Gasteiger partial charge is 0.421 e. The second kappa shape index (κ2) is 7.94. The molecular formula is C15H19Br2NO3. The Morgan fingerprint density at radius 1 is 1.19 bits per heavy atom. The minimum atomic E-state index is -0.652. The maximum absolute atomic E-state index is 12.3. The number of rotatable bonds is 4. The Kier molecular flexibility index (Phi) is 6.87. The molecule has 1 rings (SSSR count). The fourth-order valence-corrected chi connectivity index (χ4v) is 2.12. The summed E-state index contributed by atoms with van der Waals surface area (Å²) in [6.07, 6.45) is 0.291. The summed E-state index contributed by atoms with van der Waals surface area (Å²) < 4.78 is 6.21. The molecule has 0 N–H and O–H groups in total. The first-order chi connectivity index (χ1) is 9.74. The van der Waals surface area contributed by atoms with E-state index in [1.165, 1.54) is 0 Å². The summed E-state index contributed by atoms with van der Waals surface area (Å²) in [5.41, 5.74) is -0.146. The average Bonchev–Trinajstić information content (AvgIpc) is 2.37. The molecule has 0 radical (unpaired) electrons. The zero-order valence-electron chi connectivity index (χ0n) is 12.4. The number of carbonyl (C=O) groups is 2. The maximum atomic E-state index is 12.3. The highest BCUT2D eigenvalue weighted by Gasteiger charge is 2.28. The number of anilines is 1. The second-order valence-corrected chi connectivity index (χ2v) is 7.19. The topological polar surface area (TPSA) is 46.6 Å². The molecule has 0 aliphatic carbocycles. The van der Waals surface area contributed by atoms with Crippen LogP contribution in [-0.4, -0.2) is 22.9 Å². The molecule has 6 heteroatoms. The van der Waals surface area contributed by atoms with E-state index in [0.29, 0.717) is 17.4 Å². The number of halogens is 2. The largest absolute Gasteiger partial charge is 0.443 e. The summed E-state index contributed by atoms with van der Waals surface area (Å²) in [6, 6.07) is 6.98. The van der Waals surface area contributed by atoms with Gasteiger partial charge in [0.1, 0.15) is 5.60 Å². The number of carbonyl (C=O) groups excluding carboxylic acids is 2. The maximum Gasteiger partial charge on any atom is 0.421 e. The van der Waals surface area contributed by atoms with Crippen LogP contribution in [0.15, 0.2) is 28.7 Å². The predicted octanol–water partition coefficient (Wildman–Crippen LogP) is 4.89. The number of ether oxygens (including phenoxy) is 1. The van der Waals surface area contributed by atoms with Crippen molar-refractivity contribution in [2.75, 3.05) is 10.2 Å². The van der Waals surface area contributed by atoms with E-state index < -0.39 is 11.7 Å². The van der Waals surface area contributed by atoms with Crippen LogP contribution in [0.2, 0.25) is 0 Å². The third-order valence-corrected chi connectivity index (χ3v) is 3.52. The van der Waals surface area contributed by atoms with Gasteiger partial charge in [-0.3, -0.25) is 4.79 Å². The zero-order valence-corrected chi connectivity index (χ0v) is 15.5. The molecule has 0 atom stereocenters. The molecule has 0 aliphatic heterocycles. The second-order valence-electron chi connectivity index (χ2n) is 5.48. The van der Waals surface area contributed by atoms with Crippen molar-refractivity contribution in [1.82, 2.24) is 0 Å². The van der Waals surface area contributed by atoms with Crippen molar-refractivity contribution >= 4 is 49.5 Å². The van der Waals surface area contributed by atoms with Crippen LogP contribution >= 0.6 is 31.9 Å². The van der Waals surface area contributed by atoms with Crippen LogP contribution in [0.3, 0.4) is 0 Å². The highest BCUT2D eigenvalue weighted by molar-refractivity contribution is 9.10. The van der Waals surface area contributed by atoms with Gasteiger partial charge in [-0.05, 0) is 51.5 Å². The number of hydrogen-bond acceptors (Lipinski definition) is 3. The highest BCUT2D eigenvalue weighted by Crippen LogP contribution is 2.22. The van der Waals surface area contributed by atoms with Crippen molar-refractivity contribution in [2.45, 2.75) is 39.2 Å². The zero-order chi connectivity index (χ0) is 16.0. The van der Waals surface area contributed by atoms with Gasteiger partial charge in [0.05, 0.1) is 5.69 Å². The number of imide groups is 1. The summed E-state index contributed by atoms with van der Waals surface area (Å²) in [6.45, 7) is 5.31. The molecule has 1 aromatic carbocycles. The van der Waals surface area contributed by atoms with Gasteiger partial charge in [-0.2, -0.15) is 0 Å². The number of nitrogens with zero attached hydrogens (tertiary/aromatic N) is 1. The van der Waals surface area contributed by atoms with Crippen LogP contribution in [0, 0.1) is 0 Å². The quantitative estimate of drug-likeness (QED) is 0.651. The third-order valence-electron chi connectivity index (χ3n) is 2.43. The summed E-state index contributed by atoms with van der Waals surface area (Å²) >= 11 is 6.62.